The molecule has 1 aromatic heterocycles. The first-order valence-electron chi connectivity index (χ1n) is 8.94. The minimum absolute atomic E-state index is 0.00866. The molecule has 28 heavy (non-hydrogen) atoms. The fourth-order valence-corrected chi connectivity index (χ4v) is 3.89. The molecule has 0 radical (unpaired) electrons. The molecule has 2 aromatic carbocycles. The van der Waals surface area contributed by atoms with E-state index in [9.17, 15) is 9.59 Å². The number of hydrogen-bond acceptors (Lipinski definition) is 5. The van der Waals surface area contributed by atoms with Crippen LogP contribution in [-0.2, 0) is 11.3 Å². The van der Waals surface area contributed by atoms with Crippen LogP contribution in [0.5, 0.6) is 5.75 Å². The van der Waals surface area contributed by atoms with Crippen LogP contribution in [0.25, 0.3) is 6.08 Å². The lowest BCUT2D eigenvalue weighted by Crippen LogP contribution is -2.29. The quantitative estimate of drug-likeness (QED) is 0.717. The van der Waals surface area contributed by atoms with Gasteiger partial charge < -0.3 is 10.1 Å². The number of hydrogen-bond donors (Lipinski definition) is 1. The second-order valence-electron chi connectivity index (χ2n) is 6.50. The van der Waals surface area contributed by atoms with Crippen LogP contribution in [0.15, 0.2) is 58.3 Å². The van der Waals surface area contributed by atoms with Crippen LogP contribution in [0.1, 0.15) is 11.1 Å². The van der Waals surface area contributed by atoms with Crippen LogP contribution >= 0.6 is 11.3 Å². The van der Waals surface area contributed by atoms with Gasteiger partial charge in [0.25, 0.3) is 11.5 Å². The van der Waals surface area contributed by atoms with Crippen molar-refractivity contribution in [3.05, 3.63) is 79.3 Å². The molecular weight excluding hydrogens is 374 g/mol. The number of aryl methyl sites for hydroxylation is 1. The number of benzene rings is 2. The van der Waals surface area contributed by atoms with Gasteiger partial charge in [0.15, 0.2) is 11.4 Å². The minimum Gasteiger partial charge on any atom is -0.484 e. The molecule has 0 spiro atoms. The highest BCUT2D eigenvalue weighted by atomic mass is 32.1. The van der Waals surface area contributed by atoms with E-state index in [2.05, 4.69) is 10.3 Å². The smallest absolute Gasteiger partial charge is 0.270 e. The molecule has 0 aliphatic carbocycles. The molecule has 0 unspecified atom stereocenters. The number of carbonyl (C=O) groups excluding carboxylic acids is 1. The van der Waals surface area contributed by atoms with Crippen molar-refractivity contribution in [3.8, 4) is 5.75 Å². The van der Waals surface area contributed by atoms with Gasteiger partial charge in [-0.1, -0.05) is 41.2 Å². The van der Waals surface area contributed by atoms with Gasteiger partial charge in [-0.2, -0.15) is 0 Å². The third-order valence-electron chi connectivity index (χ3n) is 4.34. The van der Waals surface area contributed by atoms with E-state index in [4.69, 9.17) is 4.74 Å². The number of carbonyl (C=O) groups is 1. The maximum absolute atomic E-state index is 12.3. The van der Waals surface area contributed by atoms with Crippen molar-refractivity contribution in [1.82, 2.24) is 4.57 Å². The van der Waals surface area contributed by atoms with Gasteiger partial charge in [0.1, 0.15) is 5.75 Å². The van der Waals surface area contributed by atoms with Crippen LogP contribution < -0.4 is 24.9 Å². The van der Waals surface area contributed by atoms with Crippen molar-refractivity contribution in [3.63, 3.8) is 0 Å². The van der Waals surface area contributed by atoms with Crippen LogP contribution in [0.3, 0.4) is 0 Å². The summed E-state index contributed by atoms with van der Waals surface area (Å²) < 4.78 is 7.92. The maximum atomic E-state index is 12.3. The number of fused-ring (bicyclic) bond motifs is 1. The summed E-state index contributed by atoms with van der Waals surface area (Å²) >= 11 is 1.41. The third-order valence-corrected chi connectivity index (χ3v) is 5.39. The van der Waals surface area contributed by atoms with Crippen molar-refractivity contribution < 1.29 is 9.53 Å². The zero-order chi connectivity index (χ0) is 19.5. The van der Waals surface area contributed by atoms with E-state index >= 15 is 0 Å². The van der Waals surface area contributed by atoms with Crippen molar-refractivity contribution in [2.45, 2.75) is 13.5 Å². The monoisotopic (exact) mass is 393 g/mol. The number of ether oxygens (including phenoxy) is 1. The zero-order valence-electron chi connectivity index (χ0n) is 15.3. The zero-order valence-corrected chi connectivity index (χ0v) is 16.2. The Balaban J connectivity index is 1.38. The minimum atomic E-state index is -0.218. The second kappa shape index (κ2) is 7.82. The SMILES string of the molecule is Cc1ccc(NC(=O)COc2ccc(/C=c3/sc4n(c3=O)CCN=4)cc2)cc1. The molecule has 1 N–H and O–H groups in total. The fourth-order valence-electron chi connectivity index (χ4n) is 2.86. The summed E-state index contributed by atoms with van der Waals surface area (Å²) in [6.07, 6.45) is 1.85. The average molecular weight is 393 g/mol. The van der Waals surface area contributed by atoms with Crippen molar-refractivity contribution in [2.24, 2.45) is 4.99 Å². The van der Waals surface area contributed by atoms with E-state index < -0.39 is 0 Å². The molecule has 0 bridgehead atoms. The number of thiazole rings is 1. The molecular formula is C21H19N3O3S. The highest BCUT2D eigenvalue weighted by Crippen LogP contribution is 2.13. The predicted molar refractivity (Wildman–Crippen MR) is 110 cm³/mol. The Labute approximate surface area is 165 Å². The average Bonchev–Trinajstić information content (AvgIpc) is 3.26. The van der Waals surface area contributed by atoms with E-state index in [1.165, 1.54) is 11.3 Å². The van der Waals surface area contributed by atoms with Gasteiger partial charge in [-0.05, 0) is 42.8 Å². The Bertz CT molecular complexity index is 1180. The molecule has 0 saturated carbocycles. The van der Waals surface area contributed by atoms with Gasteiger partial charge in [-0.3, -0.25) is 19.1 Å². The maximum Gasteiger partial charge on any atom is 0.270 e. The first-order chi connectivity index (χ1) is 13.6. The fraction of sp³-hybridized carbons (Fsp3) is 0.190. The molecule has 4 rings (SSSR count). The van der Waals surface area contributed by atoms with Crippen molar-refractivity contribution in [2.75, 3.05) is 18.5 Å². The van der Waals surface area contributed by atoms with E-state index in [1.54, 1.807) is 16.7 Å². The molecule has 0 fully saturated rings. The Morgan fingerprint density at radius 3 is 2.68 bits per heavy atom. The number of anilines is 1. The summed E-state index contributed by atoms with van der Waals surface area (Å²) in [4.78, 5) is 29.4. The molecule has 3 aromatic rings. The van der Waals surface area contributed by atoms with Crippen LogP contribution in [-0.4, -0.2) is 23.6 Å². The third kappa shape index (κ3) is 4.04. The van der Waals surface area contributed by atoms with Gasteiger partial charge in [0.2, 0.25) is 0 Å². The number of rotatable bonds is 5. The summed E-state index contributed by atoms with van der Waals surface area (Å²) in [6, 6.07) is 14.9. The lowest BCUT2D eigenvalue weighted by molar-refractivity contribution is -0.118. The molecule has 142 valence electrons. The Morgan fingerprint density at radius 1 is 1.21 bits per heavy atom. The topological polar surface area (TPSA) is 72.7 Å². The molecule has 1 aliphatic rings. The lowest BCUT2D eigenvalue weighted by Gasteiger charge is -2.08. The first kappa shape index (κ1) is 18.2. The van der Waals surface area contributed by atoms with Crippen LogP contribution in [0.4, 0.5) is 5.69 Å². The molecule has 2 heterocycles. The summed E-state index contributed by atoms with van der Waals surface area (Å²) in [5.41, 5.74) is 2.78. The van der Waals surface area contributed by atoms with Gasteiger partial charge in [0.05, 0.1) is 11.1 Å². The molecule has 0 atom stereocenters. The van der Waals surface area contributed by atoms with E-state index in [-0.39, 0.29) is 18.1 Å². The van der Waals surface area contributed by atoms with Crippen molar-refractivity contribution in [1.29, 1.82) is 0 Å². The van der Waals surface area contributed by atoms with Gasteiger partial charge in [-0.15, -0.1) is 0 Å². The standard InChI is InChI=1S/C21H19N3O3S/c1-14-2-6-16(7-3-14)23-19(25)13-27-17-8-4-15(5-9-17)12-18-20(26)24-11-10-22-21(24)28-18/h2-9,12H,10-11,13H2,1H3,(H,23,25)/b18-12+. The number of aromatic nitrogens is 1. The van der Waals surface area contributed by atoms with E-state index in [1.807, 2.05) is 49.4 Å². The molecule has 0 saturated heterocycles. The molecule has 6 nitrogen and oxygen atoms in total. The van der Waals surface area contributed by atoms with Crippen molar-refractivity contribution >= 4 is 29.0 Å². The normalized spacial score (nSPS) is 13.1. The Hall–Kier alpha value is -3.19. The summed E-state index contributed by atoms with van der Waals surface area (Å²) in [6.45, 7) is 3.27. The lowest BCUT2D eigenvalue weighted by atomic mass is 10.2. The Kier molecular flexibility index (Phi) is 5.08. The van der Waals surface area contributed by atoms with Gasteiger partial charge in [0, 0.05) is 12.2 Å². The largest absolute Gasteiger partial charge is 0.484 e. The van der Waals surface area contributed by atoms with Crippen LogP contribution in [0, 0.1) is 6.92 Å². The van der Waals surface area contributed by atoms with E-state index in [0.717, 1.165) is 21.6 Å². The van der Waals surface area contributed by atoms with Crippen LogP contribution in [0.2, 0.25) is 0 Å². The Morgan fingerprint density at radius 2 is 1.96 bits per heavy atom. The summed E-state index contributed by atoms with van der Waals surface area (Å²) in [5.74, 6) is 0.376. The second-order valence-corrected chi connectivity index (χ2v) is 7.51. The number of amides is 1. The summed E-state index contributed by atoms with van der Waals surface area (Å²) in [7, 11) is 0. The highest BCUT2D eigenvalue weighted by molar-refractivity contribution is 7.07. The van der Waals surface area contributed by atoms with E-state index in [0.29, 0.717) is 23.4 Å². The molecule has 7 heteroatoms. The highest BCUT2D eigenvalue weighted by Gasteiger charge is 2.09. The number of nitrogens with zero attached hydrogens (tertiary/aromatic N) is 2. The summed E-state index contributed by atoms with van der Waals surface area (Å²) in [5, 5.41) is 2.79. The molecule has 1 amide bonds. The van der Waals surface area contributed by atoms with Gasteiger partial charge in [-0.25, -0.2) is 0 Å². The van der Waals surface area contributed by atoms with Gasteiger partial charge >= 0.3 is 0 Å². The predicted octanol–water partition coefficient (Wildman–Crippen LogP) is 1.70. The first-order valence-corrected chi connectivity index (χ1v) is 9.75. The number of nitrogens with one attached hydrogen (secondary N) is 1. The molecule has 1 aliphatic heterocycles.